The van der Waals surface area contributed by atoms with Crippen molar-refractivity contribution >= 4 is 9.84 Å². The predicted molar refractivity (Wildman–Crippen MR) is 67.5 cm³/mol. The molecule has 0 aromatic heterocycles. The lowest BCUT2D eigenvalue weighted by Crippen LogP contribution is -2.46. The molecule has 1 heterocycles. The van der Waals surface area contributed by atoms with Gasteiger partial charge in [0.25, 0.3) is 0 Å². The van der Waals surface area contributed by atoms with Crippen LogP contribution in [0.4, 0.5) is 0 Å². The van der Waals surface area contributed by atoms with Gasteiger partial charge in [-0.25, -0.2) is 8.42 Å². The summed E-state index contributed by atoms with van der Waals surface area (Å²) in [7, 11) is -2.78. The smallest absolute Gasteiger partial charge is 0.147 e. The van der Waals surface area contributed by atoms with Crippen molar-refractivity contribution in [1.29, 1.82) is 0 Å². The Morgan fingerprint density at radius 3 is 1.94 bits per heavy atom. The van der Waals surface area contributed by atoms with Crippen LogP contribution in [0.2, 0.25) is 0 Å². The molecular weight excluding hydrogens is 224 g/mol. The summed E-state index contributed by atoms with van der Waals surface area (Å²) in [6, 6.07) is 0. The number of hydrogen-bond acceptors (Lipinski definition) is 4. The molecule has 0 amide bonds. The highest BCUT2D eigenvalue weighted by molar-refractivity contribution is 7.90. The molecule has 4 nitrogen and oxygen atoms in total. The van der Waals surface area contributed by atoms with Gasteiger partial charge in [-0.1, -0.05) is 6.92 Å². The van der Waals surface area contributed by atoms with Gasteiger partial charge in [0.2, 0.25) is 0 Å². The third-order valence-corrected chi connectivity index (χ3v) is 4.02. The van der Waals surface area contributed by atoms with Gasteiger partial charge in [-0.05, 0) is 25.9 Å². The van der Waals surface area contributed by atoms with E-state index < -0.39 is 9.84 Å². The molecule has 0 aromatic carbocycles. The molecule has 1 fully saturated rings. The molecule has 0 atom stereocenters. The Morgan fingerprint density at radius 2 is 1.50 bits per heavy atom. The number of nitrogens with zero attached hydrogens (tertiary/aromatic N) is 2. The van der Waals surface area contributed by atoms with Crippen molar-refractivity contribution in [2.24, 2.45) is 0 Å². The standard InChI is InChI=1S/C11H24N2O2S/c1-3-5-12-7-9-13(10-8-12)6-4-11-16(2,14)15/h3-11H2,1-2H3. The second-order valence-corrected chi connectivity index (χ2v) is 6.93. The van der Waals surface area contributed by atoms with Crippen molar-refractivity contribution in [3.63, 3.8) is 0 Å². The van der Waals surface area contributed by atoms with Gasteiger partial charge in [-0.3, -0.25) is 0 Å². The average Bonchev–Trinajstić information content (AvgIpc) is 2.19. The number of rotatable bonds is 6. The van der Waals surface area contributed by atoms with Gasteiger partial charge in [0.1, 0.15) is 9.84 Å². The lowest BCUT2D eigenvalue weighted by molar-refractivity contribution is 0.133. The van der Waals surface area contributed by atoms with Gasteiger partial charge >= 0.3 is 0 Å². The summed E-state index contributed by atoms with van der Waals surface area (Å²) in [5.74, 6) is 0.322. The molecule has 0 saturated carbocycles. The van der Waals surface area contributed by atoms with Crippen LogP contribution in [0.1, 0.15) is 19.8 Å². The van der Waals surface area contributed by atoms with Crippen molar-refractivity contribution in [1.82, 2.24) is 9.80 Å². The Bertz CT molecular complexity index is 282. The quantitative estimate of drug-likeness (QED) is 0.684. The summed E-state index contributed by atoms with van der Waals surface area (Å²) in [4.78, 5) is 4.85. The van der Waals surface area contributed by atoms with E-state index in [1.54, 1.807) is 0 Å². The summed E-state index contributed by atoms with van der Waals surface area (Å²) in [6.45, 7) is 8.76. The van der Waals surface area contributed by atoms with Crippen LogP contribution in [-0.4, -0.2) is 69.5 Å². The molecule has 5 heteroatoms. The second-order valence-electron chi connectivity index (χ2n) is 4.67. The monoisotopic (exact) mass is 248 g/mol. The lowest BCUT2D eigenvalue weighted by atomic mass is 10.3. The van der Waals surface area contributed by atoms with E-state index in [9.17, 15) is 8.42 Å². The van der Waals surface area contributed by atoms with E-state index in [2.05, 4.69) is 16.7 Å². The topological polar surface area (TPSA) is 40.6 Å². The van der Waals surface area contributed by atoms with Crippen molar-refractivity contribution < 1.29 is 8.42 Å². The van der Waals surface area contributed by atoms with Gasteiger partial charge < -0.3 is 9.80 Å². The summed E-state index contributed by atoms with van der Waals surface area (Å²) in [6.07, 6.45) is 3.30. The van der Waals surface area contributed by atoms with Crippen LogP contribution in [0.3, 0.4) is 0 Å². The summed E-state index contributed by atoms with van der Waals surface area (Å²) >= 11 is 0. The molecule has 0 aliphatic carbocycles. The molecule has 1 saturated heterocycles. The maximum absolute atomic E-state index is 11.0. The van der Waals surface area contributed by atoms with Crippen molar-refractivity contribution in [3.05, 3.63) is 0 Å². The summed E-state index contributed by atoms with van der Waals surface area (Å²) < 4.78 is 22.0. The van der Waals surface area contributed by atoms with Gasteiger partial charge in [0.05, 0.1) is 5.75 Å². The SMILES string of the molecule is CCCN1CCN(CCCS(C)(=O)=O)CC1. The normalized spacial score (nSPS) is 20.1. The predicted octanol–water partition coefficient (Wildman–Crippen LogP) is 0.449. The first kappa shape index (κ1) is 13.9. The summed E-state index contributed by atoms with van der Waals surface area (Å²) in [5.41, 5.74) is 0. The van der Waals surface area contributed by atoms with Crippen molar-refractivity contribution in [2.75, 3.05) is 51.3 Å². The molecule has 0 bridgehead atoms. The zero-order valence-electron chi connectivity index (χ0n) is 10.5. The molecule has 1 aliphatic heterocycles. The molecule has 1 aliphatic rings. The van der Waals surface area contributed by atoms with E-state index in [1.807, 2.05) is 0 Å². The minimum Gasteiger partial charge on any atom is -0.301 e. The van der Waals surface area contributed by atoms with E-state index in [0.29, 0.717) is 5.75 Å². The third-order valence-electron chi connectivity index (χ3n) is 2.99. The number of piperazine rings is 1. The first-order chi connectivity index (χ1) is 7.51. The zero-order valence-corrected chi connectivity index (χ0v) is 11.3. The minimum atomic E-state index is -2.78. The third kappa shape index (κ3) is 5.82. The lowest BCUT2D eigenvalue weighted by Gasteiger charge is -2.34. The molecule has 0 aromatic rings. The van der Waals surface area contributed by atoms with Crippen LogP contribution < -0.4 is 0 Å². The Kier molecular flexibility index (Phi) is 5.72. The maximum atomic E-state index is 11.0. The minimum absolute atomic E-state index is 0.322. The van der Waals surface area contributed by atoms with Gasteiger partial charge in [0.15, 0.2) is 0 Å². The highest BCUT2D eigenvalue weighted by Gasteiger charge is 2.15. The highest BCUT2D eigenvalue weighted by atomic mass is 32.2. The van der Waals surface area contributed by atoms with Crippen LogP contribution in [0, 0.1) is 0 Å². The average molecular weight is 248 g/mol. The van der Waals surface area contributed by atoms with Crippen LogP contribution in [0.25, 0.3) is 0 Å². The van der Waals surface area contributed by atoms with E-state index >= 15 is 0 Å². The highest BCUT2D eigenvalue weighted by Crippen LogP contribution is 2.03. The van der Waals surface area contributed by atoms with Crippen LogP contribution in [0.15, 0.2) is 0 Å². The molecule has 96 valence electrons. The first-order valence-electron chi connectivity index (χ1n) is 6.13. The zero-order chi connectivity index (χ0) is 12.0. The molecular formula is C11H24N2O2S. The van der Waals surface area contributed by atoms with Gasteiger partial charge in [-0.2, -0.15) is 0 Å². The van der Waals surface area contributed by atoms with Gasteiger partial charge in [0, 0.05) is 32.4 Å². The Labute approximate surface area is 99.5 Å². The van der Waals surface area contributed by atoms with Crippen molar-refractivity contribution in [2.45, 2.75) is 19.8 Å². The summed E-state index contributed by atoms with van der Waals surface area (Å²) in [5, 5.41) is 0. The van der Waals surface area contributed by atoms with Crippen LogP contribution >= 0.6 is 0 Å². The van der Waals surface area contributed by atoms with E-state index in [0.717, 1.165) is 39.1 Å². The largest absolute Gasteiger partial charge is 0.301 e. The molecule has 0 unspecified atom stereocenters. The fourth-order valence-electron chi connectivity index (χ4n) is 2.10. The number of sulfone groups is 1. The molecule has 1 rings (SSSR count). The van der Waals surface area contributed by atoms with E-state index in [-0.39, 0.29) is 0 Å². The molecule has 0 radical (unpaired) electrons. The molecule has 16 heavy (non-hydrogen) atoms. The first-order valence-corrected chi connectivity index (χ1v) is 8.20. The molecule has 0 spiro atoms. The Morgan fingerprint density at radius 1 is 1.00 bits per heavy atom. The van der Waals surface area contributed by atoms with E-state index in [1.165, 1.54) is 19.2 Å². The Hall–Kier alpha value is -0.130. The van der Waals surface area contributed by atoms with Crippen LogP contribution in [0.5, 0.6) is 0 Å². The fraction of sp³-hybridized carbons (Fsp3) is 1.00. The number of hydrogen-bond donors (Lipinski definition) is 0. The van der Waals surface area contributed by atoms with Crippen LogP contribution in [-0.2, 0) is 9.84 Å². The van der Waals surface area contributed by atoms with Gasteiger partial charge in [-0.15, -0.1) is 0 Å². The van der Waals surface area contributed by atoms with Crippen molar-refractivity contribution in [3.8, 4) is 0 Å². The van der Waals surface area contributed by atoms with E-state index in [4.69, 9.17) is 0 Å². The fourth-order valence-corrected chi connectivity index (χ4v) is 2.76. The second kappa shape index (κ2) is 6.57. The Balaban J connectivity index is 2.13. The maximum Gasteiger partial charge on any atom is 0.147 e. The molecule has 0 N–H and O–H groups in total.